The van der Waals surface area contributed by atoms with E-state index in [4.69, 9.17) is 37.8 Å². The number of methoxy groups -OCH3 is 1. The molecule has 0 spiro atoms. The second kappa shape index (κ2) is 17.3. The number of carboxylic acids is 2. The number of carbonyl (C=O) groups is 3. The number of nitrogens with zero attached hydrogens (tertiary/aromatic N) is 3. The molecule has 3 atom stereocenters. The van der Waals surface area contributed by atoms with Crippen molar-refractivity contribution in [3.8, 4) is 22.9 Å². The van der Waals surface area contributed by atoms with Crippen molar-refractivity contribution in [3.63, 3.8) is 0 Å². The number of aromatic nitrogens is 2. The van der Waals surface area contributed by atoms with Crippen LogP contribution in [0.15, 0.2) is 60.8 Å². The highest BCUT2D eigenvalue weighted by Crippen LogP contribution is 2.43. The molecule has 1 amide bonds. The van der Waals surface area contributed by atoms with E-state index in [-0.39, 0.29) is 65.9 Å². The molecule has 6 rings (SSSR count). The van der Waals surface area contributed by atoms with Gasteiger partial charge in [0.05, 0.1) is 30.2 Å². The SMILES string of the molecule is COc1nc(O[C@H]2CCc3c(-c4cccc(C(=O)Nc5ccc(CN6CCC[C@@](O)(C(=O)O)C6)cn5)c4Cl)cccc32)c(Cl)cc1CNC[C@@H](O)CC(=O)O. The number of likely N-dealkylation sites (tertiary alicyclic amines) is 1. The van der Waals surface area contributed by atoms with Gasteiger partial charge < -0.3 is 40.5 Å². The highest BCUT2D eigenvalue weighted by atomic mass is 35.5. The molecule has 1 aliphatic carbocycles. The summed E-state index contributed by atoms with van der Waals surface area (Å²) in [6.45, 7) is 1.37. The monoisotopic (exact) mass is 793 g/mol. The Morgan fingerprint density at radius 3 is 2.58 bits per heavy atom. The first-order valence-electron chi connectivity index (χ1n) is 17.7. The summed E-state index contributed by atoms with van der Waals surface area (Å²) in [6.07, 6.45) is 1.88. The fraction of sp³-hybridized carbons (Fsp3) is 0.359. The molecular formula is C39H41Cl2N5O9. The lowest BCUT2D eigenvalue weighted by Crippen LogP contribution is -2.52. The average Bonchev–Trinajstić information content (AvgIpc) is 3.56. The van der Waals surface area contributed by atoms with E-state index < -0.39 is 29.6 Å². The number of rotatable bonds is 15. The van der Waals surface area contributed by atoms with E-state index in [0.717, 1.165) is 22.3 Å². The number of aliphatic carboxylic acids is 2. The van der Waals surface area contributed by atoms with Gasteiger partial charge in [0, 0.05) is 43.5 Å². The van der Waals surface area contributed by atoms with Crippen molar-refractivity contribution in [1.29, 1.82) is 0 Å². The standard InChI is InChI=1S/C39H41Cl2N5O9/c1-54-36-23(18-42-19-24(47)16-33(48)49)15-30(40)37(45-36)55-31-11-10-26-25(5-2-6-27(26)31)28-7-3-8-29(34(28)41)35(50)44-32-12-9-22(17-43-32)20-46-14-4-13-39(53,21-46)38(51)52/h2-3,5-9,12,15,17,24,31,42,47,53H,4,10-11,13-14,16,18-21H2,1H3,(H,48,49)(H,51,52)(H,43,44,50)/t24-,31-,39-/m0/s1. The highest BCUT2D eigenvalue weighted by Gasteiger charge is 2.40. The number of anilines is 1. The molecule has 290 valence electrons. The van der Waals surface area contributed by atoms with Crippen LogP contribution in [0, 0.1) is 0 Å². The van der Waals surface area contributed by atoms with Crippen LogP contribution in [0.25, 0.3) is 11.1 Å². The van der Waals surface area contributed by atoms with Gasteiger partial charge in [-0.25, -0.2) is 9.78 Å². The van der Waals surface area contributed by atoms with Crippen molar-refractivity contribution >= 4 is 46.9 Å². The zero-order valence-corrected chi connectivity index (χ0v) is 31.4. The Kier molecular flexibility index (Phi) is 12.5. The molecule has 1 fully saturated rings. The lowest BCUT2D eigenvalue weighted by atomic mass is 9.93. The predicted octanol–water partition coefficient (Wildman–Crippen LogP) is 5.11. The number of hydrogen-bond donors (Lipinski definition) is 6. The van der Waals surface area contributed by atoms with Gasteiger partial charge in [-0.05, 0) is 72.7 Å². The Bertz CT molecular complexity index is 2070. The van der Waals surface area contributed by atoms with Gasteiger partial charge in [0.1, 0.15) is 16.9 Å². The van der Waals surface area contributed by atoms with E-state index >= 15 is 0 Å². The van der Waals surface area contributed by atoms with Gasteiger partial charge in [-0.1, -0.05) is 59.6 Å². The van der Waals surface area contributed by atoms with E-state index in [1.807, 2.05) is 29.2 Å². The third-order valence-corrected chi connectivity index (χ3v) is 10.4. The van der Waals surface area contributed by atoms with Gasteiger partial charge in [-0.15, -0.1) is 0 Å². The van der Waals surface area contributed by atoms with Crippen LogP contribution in [0.5, 0.6) is 11.8 Å². The smallest absolute Gasteiger partial charge is 0.337 e. The third kappa shape index (κ3) is 9.35. The van der Waals surface area contributed by atoms with Gasteiger partial charge in [-0.2, -0.15) is 4.98 Å². The summed E-state index contributed by atoms with van der Waals surface area (Å²) in [5.41, 5.74) is 3.41. The molecule has 0 saturated carbocycles. The van der Waals surface area contributed by atoms with E-state index in [2.05, 4.69) is 20.6 Å². The lowest BCUT2D eigenvalue weighted by Gasteiger charge is -2.36. The Morgan fingerprint density at radius 1 is 1.07 bits per heavy atom. The van der Waals surface area contributed by atoms with Gasteiger partial charge in [-0.3, -0.25) is 14.5 Å². The minimum absolute atomic E-state index is 0.0229. The summed E-state index contributed by atoms with van der Waals surface area (Å²) >= 11 is 13.5. The molecule has 4 aromatic rings. The fourth-order valence-electron chi connectivity index (χ4n) is 7.03. The Hall–Kier alpha value is -4.83. The summed E-state index contributed by atoms with van der Waals surface area (Å²) in [6, 6.07) is 16.2. The molecule has 1 aliphatic heterocycles. The molecule has 16 heteroatoms. The highest BCUT2D eigenvalue weighted by molar-refractivity contribution is 6.37. The van der Waals surface area contributed by atoms with Crippen LogP contribution in [0.1, 0.15) is 64.4 Å². The molecular weight excluding hydrogens is 753 g/mol. The molecule has 2 aromatic carbocycles. The number of halogens is 2. The molecule has 2 aromatic heterocycles. The molecule has 2 aliphatic rings. The molecule has 0 radical (unpaired) electrons. The normalized spacial score (nSPS) is 18.7. The number of aliphatic hydroxyl groups is 2. The number of β-amino-alcohol motifs (C(OH)–C–C–N with tert-alkyl or cyclic N) is 1. The first-order chi connectivity index (χ1) is 26.3. The zero-order chi connectivity index (χ0) is 39.3. The maximum absolute atomic E-state index is 13.5. The van der Waals surface area contributed by atoms with Crippen LogP contribution in [-0.4, -0.2) is 91.6 Å². The Morgan fingerprint density at radius 2 is 1.85 bits per heavy atom. The topological polar surface area (TPSA) is 204 Å². The maximum atomic E-state index is 13.5. The number of ether oxygens (including phenoxy) is 2. The van der Waals surface area contributed by atoms with Gasteiger partial charge in [0.25, 0.3) is 5.91 Å². The van der Waals surface area contributed by atoms with Crippen LogP contribution >= 0.6 is 23.2 Å². The van der Waals surface area contributed by atoms with Gasteiger partial charge in [0.2, 0.25) is 11.8 Å². The van der Waals surface area contributed by atoms with Gasteiger partial charge >= 0.3 is 11.9 Å². The average molecular weight is 795 g/mol. The number of carbonyl (C=O) groups excluding carboxylic acids is 1. The van der Waals surface area contributed by atoms with Crippen molar-refractivity contribution in [2.75, 3.05) is 32.1 Å². The number of aliphatic hydroxyl groups excluding tert-OH is 1. The lowest BCUT2D eigenvalue weighted by molar-refractivity contribution is -0.164. The minimum Gasteiger partial charge on any atom is -0.481 e. The number of carboxylic acid groups (broad SMARTS) is 2. The number of hydrogen-bond acceptors (Lipinski definition) is 11. The summed E-state index contributed by atoms with van der Waals surface area (Å²) in [5.74, 6) is -1.98. The summed E-state index contributed by atoms with van der Waals surface area (Å²) < 4.78 is 11.8. The van der Waals surface area contributed by atoms with Crippen molar-refractivity contribution < 1.29 is 44.3 Å². The molecule has 0 bridgehead atoms. The number of piperidine rings is 1. The van der Waals surface area contributed by atoms with E-state index in [1.165, 1.54) is 7.11 Å². The quantitative estimate of drug-likeness (QED) is 0.0927. The summed E-state index contributed by atoms with van der Waals surface area (Å²) in [4.78, 5) is 46.6. The van der Waals surface area contributed by atoms with E-state index in [9.17, 15) is 29.7 Å². The molecule has 1 saturated heterocycles. The first kappa shape index (κ1) is 39.9. The van der Waals surface area contributed by atoms with E-state index in [0.29, 0.717) is 49.3 Å². The van der Waals surface area contributed by atoms with Crippen molar-refractivity contribution in [2.45, 2.75) is 63.0 Å². The number of pyridine rings is 2. The number of fused-ring (bicyclic) bond motifs is 1. The predicted molar refractivity (Wildman–Crippen MR) is 204 cm³/mol. The molecule has 0 unspecified atom stereocenters. The summed E-state index contributed by atoms with van der Waals surface area (Å²) in [7, 11) is 1.47. The van der Waals surface area contributed by atoms with Crippen molar-refractivity contribution in [3.05, 3.63) is 98.7 Å². The third-order valence-electron chi connectivity index (χ3n) is 9.71. The first-order valence-corrected chi connectivity index (χ1v) is 18.5. The van der Waals surface area contributed by atoms with Crippen LogP contribution in [0.4, 0.5) is 5.82 Å². The summed E-state index contributed by atoms with van der Waals surface area (Å²) in [5, 5.41) is 44.9. The van der Waals surface area contributed by atoms with Crippen LogP contribution in [-0.2, 0) is 29.1 Å². The van der Waals surface area contributed by atoms with Crippen LogP contribution < -0.4 is 20.1 Å². The molecule has 14 nitrogen and oxygen atoms in total. The van der Waals surface area contributed by atoms with Crippen molar-refractivity contribution in [2.24, 2.45) is 0 Å². The van der Waals surface area contributed by atoms with Gasteiger partial charge in [0.15, 0.2) is 5.60 Å². The van der Waals surface area contributed by atoms with Crippen LogP contribution in [0.2, 0.25) is 10.0 Å². The minimum atomic E-state index is -1.77. The maximum Gasteiger partial charge on any atom is 0.337 e. The Balaban J connectivity index is 1.12. The molecule has 55 heavy (non-hydrogen) atoms. The zero-order valence-electron chi connectivity index (χ0n) is 29.9. The second-order valence-electron chi connectivity index (χ2n) is 13.7. The Labute approximate surface area is 327 Å². The number of nitrogens with one attached hydrogen (secondary N) is 2. The largest absolute Gasteiger partial charge is 0.481 e. The molecule has 6 N–H and O–H groups in total. The van der Waals surface area contributed by atoms with E-state index in [1.54, 1.807) is 36.5 Å². The van der Waals surface area contributed by atoms with Crippen molar-refractivity contribution in [1.82, 2.24) is 20.2 Å². The molecule has 3 heterocycles. The second-order valence-corrected chi connectivity index (χ2v) is 14.5. The number of benzene rings is 2. The van der Waals surface area contributed by atoms with Crippen LogP contribution in [0.3, 0.4) is 0 Å². The number of amides is 1. The fourth-order valence-corrected chi connectivity index (χ4v) is 7.57.